The molecule has 0 saturated heterocycles. The molecule has 68 valence electrons. The zero-order chi connectivity index (χ0) is 9.30. The SMILES string of the molecule is CC(=O)C1CC(C)CC1C(C)=O. The Morgan fingerprint density at radius 2 is 1.33 bits per heavy atom. The van der Waals surface area contributed by atoms with E-state index in [0.717, 1.165) is 12.8 Å². The number of carbonyl (C=O) groups is 2. The number of hydrogen-bond acceptors (Lipinski definition) is 2. The van der Waals surface area contributed by atoms with Crippen molar-refractivity contribution in [3.8, 4) is 0 Å². The van der Waals surface area contributed by atoms with Crippen molar-refractivity contribution >= 4 is 11.6 Å². The maximum Gasteiger partial charge on any atom is 0.133 e. The molecule has 2 heteroatoms. The van der Waals surface area contributed by atoms with Crippen molar-refractivity contribution in [3.05, 3.63) is 0 Å². The third kappa shape index (κ3) is 1.74. The van der Waals surface area contributed by atoms with E-state index in [1.807, 2.05) is 0 Å². The van der Waals surface area contributed by atoms with Gasteiger partial charge in [0.2, 0.25) is 0 Å². The lowest BCUT2D eigenvalue weighted by molar-refractivity contribution is -0.128. The second-order valence-corrected chi connectivity index (χ2v) is 4.01. The van der Waals surface area contributed by atoms with Crippen molar-refractivity contribution in [2.24, 2.45) is 17.8 Å². The highest BCUT2D eigenvalue weighted by Gasteiger charge is 2.37. The summed E-state index contributed by atoms with van der Waals surface area (Å²) in [6, 6.07) is 0. The van der Waals surface area contributed by atoms with Crippen LogP contribution in [0.15, 0.2) is 0 Å². The summed E-state index contributed by atoms with van der Waals surface area (Å²) in [4.78, 5) is 22.3. The van der Waals surface area contributed by atoms with E-state index in [1.54, 1.807) is 13.8 Å². The van der Waals surface area contributed by atoms with E-state index in [9.17, 15) is 9.59 Å². The van der Waals surface area contributed by atoms with Crippen molar-refractivity contribution < 1.29 is 9.59 Å². The van der Waals surface area contributed by atoms with Crippen LogP contribution < -0.4 is 0 Å². The van der Waals surface area contributed by atoms with Crippen LogP contribution in [0.3, 0.4) is 0 Å². The van der Waals surface area contributed by atoms with Gasteiger partial charge in [-0.25, -0.2) is 0 Å². The van der Waals surface area contributed by atoms with E-state index >= 15 is 0 Å². The van der Waals surface area contributed by atoms with E-state index < -0.39 is 0 Å². The van der Waals surface area contributed by atoms with E-state index in [-0.39, 0.29) is 23.4 Å². The molecule has 12 heavy (non-hydrogen) atoms. The lowest BCUT2D eigenvalue weighted by Gasteiger charge is -2.12. The molecular weight excluding hydrogens is 152 g/mol. The smallest absolute Gasteiger partial charge is 0.133 e. The van der Waals surface area contributed by atoms with Crippen LogP contribution in [0.2, 0.25) is 0 Å². The molecule has 2 unspecified atom stereocenters. The second kappa shape index (κ2) is 3.38. The molecule has 0 N–H and O–H groups in total. The van der Waals surface area contributed by atoms with Gasteiger partial charge in [-0.05, 0) is 32.6 Å². The molecule has 2 nitrogen and oxygen atoms in total. The van der Waals surface area contributed by atoms with E-state index in [2.05, 4.69) is 6.92 Å². The highest BCUT2D eigenvalue weighted by molar-refractivity contribution is 5.88. The van der Waals surface area contributed by atoms with Gasteiger partial charge in [0.25, 0.3) is 0 Å². The first kappa shape index (κ1) is 9.43. The Bertz CT molecular complexity index is 186. The minimum Gasteiger partial charge on any atom is -0.300 e. The Morgan fingerprint density at radius 3 is 1.58 bits per heavy atom. The van der Waals surface area contributed by atoms with Crippen molar-refractivity contribution in [2.45, 2.75) is 33.6 Å². The molecule has 1 fully saturated rings. The minimum absolute atomic E-state index is 0.0116. The van der Waals surface area contributed by atoms with Gasteiger partial charge in [0.15, 0.2) is 0 Å². The zero-order valence-corrected chi connectivity index (χ0v) is 7.96. The lowest BCUT2D eigenvalue weighted by Crippen LogP contribution is -2.21. The summed E-state index contributed by atoms with van der Waals surface area (Å²) in [6.07, 6.45) is 1.80. The summed E-state index contributed by atoms with van der Waals surface area (Å²) in [7, 11) is 0. The summed E-state index contributed by atoms with van der Waals surface area (Å²) in [5.74, 6) is 0.918. The van der Waals surface area contributed by atoms with Gasteiger partial charge in [-0.3, -0.25) is 9.59 Å². The second-order valence-electron chi connectivity index (χ2n) is 4.01. The average Bonchev–Trinajstić information content (AvgIpc) is 2.31. The van der Waals surface area contributed by atoms with Crippen LogP contribution in [-0.2, 0) is 9.59 Å². The van der Waals surface area contributed by atoms with Gasteiger partial charge in [-0.2, -0.15) is 0 Å². The third-order valence-corrected chi connectivity index (χ3v) is 2.84. The molecule has 0 spiro atoms. The van der Waals surface area contributed by atoms with Crippen LogP contribution >= 0.6 is 0 Å². The molecule has 0 bridgehead atoms. The van der Waals surface area contributed by atoms with Gasteiger partial charge in [-0.15, -0.1) is 0 Å². The topological polar surface area (TPSA) is 34.1 Å². The fourth-order valence-electron chi connectivity index (χ4n) is 2.19. The van der Waals surface area contributed by atoms with Crippen LogP contribution in [0.5, 0.6) is 0 Å². The maximum absolute atomic E-state index is 11.2. The molecule has 0 aromatic heterocycles. The number of hydrogen-bond donors (Lipinski definition) is 0. The summed E-state index contributed by atoms with van der Waals surface area (Å²) in [5, 5.41) is 0. The fraction of sp³-hybridized carbons (Fsp3) is 0.800. The summed E-state index contributed by atoms with van der Waals surface area (Å²) < 4.78 is 0. The molecule has 0 aromatic carbocycles. The number of rotatable bonds is 2. The molecule has 1 rings (SSSR count). The van der Waals surface area contributed by atoms with Gasteiger partial charge in [-0.1, -0.05) is 6.92 Å². The van der Waals surface area contributed by atoms with Gasteiger partial charge in [0.05, 0.1) is 0 Å². The van der Waals surface area contributed by atoms with Crippen LogP contribution in [0.4, 0.5) is 0 Å². The molecule has 0 radical (unpaired) electrons. The highest BCUT2D eigenvalue weighted by atomic mass is 16.1. The number of ketones is 2. The van der Waals surface area contributed by atoms with Crippen LogP contribution in [0.25, 0.3) is 0 Å². The normalized spacial score (nSPS) is 35.1. The molecule has 1 saturated carbocycles. The lowest BCUT2D eigenvalue weighted by atomic mass is 9.90. The largest absolute Gasteiger partial charge is 0.300 e. The number of carbonyl (C=O) groups excluding carboxylic acids is 2. The predicted molar refractivity (Wildman–Crippen MR) is 46.7 cm³/mol. The average molecular weight is 168 g/mol. The molecule has 1 aliphatic rings. The standard InChI is InChI=1S/C10H16O2/c1-6-4-9(7(2)11)10(5-6)8(3)12/h6,9-10H,4-5H2,1-3H3. The summed E-state index contributed by atoms with van der Waals surface area (Å²) >= 11 is 0. The molecule has 0 amide bonds. The minimum atomic E-state index is 0.0116. The molecule has 1 aliphatic carbocycles. The Hall–Kier alpha value is -0.660. The Labute approximate surface area is 73.3 Å². The summed E-state index contributed by atoms with van der Waals surface area (Å²) in [6.45, 7) is 5.30. The molecule has 2 atom stereocenters. The fourth-order valence-corrected chi connectivity index (χ4v) is 2.19. The molecule has 0 heterocycles. The quantitative estimate of drug-likeness (QED) is 0.630. The zero-order valence-electron chi connectivity index (χ0n) is 7.96. The first-order valence-corrected chi connectivity index (χ1v) is 4.53. The molecular formula is C10H16O2. The molecule has 0 aliphatic heterocycles. The number of Topliss-reactive ketones (excluding diaryl/α,β-unsaturated/α-hetero) is 2. The maximum atomic E-state index is 11.2. The first-order chi connectivity index (χ1) is 5.52. The van der Waals surface area contributed by atoms with Crippen molar-refractivity contribution in [2.75, 3.05) is 0 Å². The van der Waals surface area contributed by atoms with E-state index in [1.165, 1.54) is 0 Å². The van der Waals surface area contributed by atoms with Crippen molar-refractivity contribution in [1.82, 2.24) is 0 Å². The van der Waals surface area contributed by atoms with Crippen molar-refractivity contribution in [3.63, 3.8) is 0 Å². The highest BCUT2D eigenvalue weighted by Crippen LogP contribution is 2.37. The van der Waals surface area contributed by atoms with Crippen LogP contribution in [0, 0.1) is 17.8 Å². The van der Waals surface area contributed by atoms with Crippen molar-refractivity contribution in [1.29, 1.82) is 0 Å². The van der Waals surface area contributed by atoms with Gasteiger partial charge < -0.3 is 0 Å². The Balaban J connectivity index is 2.72. The third-order valence-electron chi connectivity index (χ3n) is 2.84. The molecule has 0 aromatic rings. The van der Waals surface area contributed by atoms with Crippen LogP contribution in [-0.4, -0.2) is 11.6 Å². The summed E-state index contributed by atoms with van der Waals surface area (Å²) in [5.41, 5.74) is 0. The van der Waals surface area contributed by atoms with Gasteiger partial charge in [0, 0.05) is 11.8 Å². The first-order valence-electron chi connectivity index (χ1n) is 4.53. The van der Waals surface area contributed by atoms with Gasteiger partial charge >= 0.3 is 0 Å². The van der Waals surface area contributed by atoms with E-state index in [0.29, 0.717) is 5.92 Å². The monoisotopic (exact) mass is 168 g/mol. The Morgan fingerprint density at radius 1 is 1.00 bits per heavy atom. The predicted octanol–water partition coefficient (Wildman–Crippen LogP) is 1.83. The van der Waals surface area contributed by atoms with Crippen LogP contribution in [0.1, 0.15) is 33.6 Å². The van der Waals surface area contributed by atoms with E-state index in [4.69, 9.17) is 0 Å². The Kier molecular flexibility index (Phi) is 2.65. The van der Waals surface area contributed by atoms with Gasteiger partial charge in [0.1, 0.15) is 11.6 Å².